The van der Waals surface area contributed by atoms with Gasteiger partial charge in [-0.1, -0.05) is 0 Å². The van der Waals surface area contributed by atoms with Gasteiger partial charge in [0, 0.05) is 12.8 Å². The van der Waals surface area contributed by atoms with E-state index in [4.69, 9.17) is 4.74 Å². The molecule has 1 N–H and O–H groups in total. The van der Waals surface area contributed by atoms with Crippen LogP contribution in [0.5, 0.6) is 0 Å². The number of amides is 1. The van der Waals surface area contributed by atoms with Gasteiger partial charge in [-0.2, -0.15) is 0 Å². The normalized spacial score (nSPS) is 20.2. The Balaban J connectivity index is 2.02. The van der Waals surface area contributed by atoms with Crippen LogP contribution in [-0.4, -0.2) is 23.6 Å². The quantitative estimate of drug-likeness (QED) is 0.846. The van der Waals surface area contributed by atoms with E-state index in [9.17, 15) is 4.79 Å². The molecule has 1 saturated heterocycles. The minimum atomic E-state index is -0.303. The molecule has 2 heterocycles. The second-order valence-corrected chi connectivity index (χ2v) is 4.49. The summed E-state index contributed by atoms with van der Waals surface area (Å²) in [5.74, 6) is 0.516. The van der Waals surface area contributed by atoms with E-state index in [-0.39, 0.29) is 12.0 Å². The number of ether oxygens (including phenoxy) is 1. The van der Waals surface area contributed by atoms with Crippen LogP contribution in [0.2, 0.25) is 0 Å². The molecule has 1 aliphatic rings. The van der Waals surface area contributed by atoms with Crippen molar-refractivity contribution in [3.05, 3.63) is 21.9 Å². The average Bonchev–Trinajstić information content (AvgIpc) is 2.74. The highest BCUT2D eigenvalue weighted by Crippen LogP contribution is 2.17. The molecule has 5 heteroatoms. The molecule has 1 unspecified atom stereocenters. The van der Waals surface area contributed by atoms with Crippen LogP contribution in [0, 0.1) is 3.57 Å². The fourth-order valence-electron chi connectivity index (χ4n) is 1.46. The Hall–Kier alpha value is -0.690. The number of nitrogens with one attached hydrogen (secondary N) is 1. The molecule has 1 aliphatic heterocycles. The maximum Gasteiger partial charge on any atom is 0.254 e. The van der Waals surface area contributed by atoms with Gasteiger partial charge in [0.2, 0.25) is 0 Å². The third-order valence-corrected chi connectivity index (χ3v) is 3.09. The van der Waals surface area contributed by atoms with Gasteiger partial charge in [-0.25, -0.2) is 4.98 Å². The van der Waals surface area contributed by atoms with Gasteiger partial charge in [0.25, 0.3) is 5.91 Å². The lowest BCUT2D eigenvalue weighted by atomic mass is 10.2. The summed E-state index contributed by atoms with van der Waals surface area (Å²) in [7, 11) is 0. The molecular formula is C10H11IN2O2. The van der Waals surface area contributed by atoms with Crippen molar-refractivity contribution in [2.75, 3.05) is 11.9 Å². The molecular weight excluding hydrogens is 307 g/mol. The first-order valence-electron chi connectivity index (χ1n) is 4.80. The van der Waals surface area contributed by atoms with E-state index in [1.165, 1.54) is 0 Å². The van der Waals surface area contributed by atoms with Crippen LogP contribution in [0.3, 0.4) is 0 Å². The third kappa shape index (κ3) is 2.66. The molecule has 1 aromatic rings. The molecule has 4 nitrogen and oxygen atoms in total. The summed E-state index contributed by atoms with van der Waals surface area (Å²) in [6.07, 6.45) is 3.11. The number of rotatable bonds is 2. The highest BCUT2D eigenvalue weighted by Gasteiger charge is 2.24. The molecule has 80 valence electrons. The Morgan fingerprint density at radius 1 is 1.67 bits per heavy atom. The van der Waals surface area contributed by atoms with Crippen molar-refractivity contribution in [3.63, 3.8) is 0 Å². The molecule has 0 aromatic carbocycles. The maximum absolute atomic E-state index is 11.7. The van der Waals surface area contributed by atoms with Crippen molar-refractivity contribution in [1.82, 2.24) is 4.98 Å². The molecule has 0 saturated carbocycles. The summed E-state index contributed by atoms with van der Waals surface area (Å²) in [6, 6.07) is 3.74. The van der Waals surface area contributed by atoms with Crippen LogP contribution in [0.25, 0.3) is 0 Å². The van der Waals surface area contributed by atoms with E-state index in [0.29, 0.717) is 12.4 Å². The van der Waals surface area contributed by atoms with Crippen molar-refractivity contribution >= 4 is 34.3 Å². The molecule has 0 aliphatic carbocycles. The summed E-state index contributed by atoms with van der Waals surface area (Å²) >= 11 is 2.14. The Morgan fingerprint density at radius 3 is 3.20 bits per heavy atom. The number of anilines is 1. The molecule has 2 rings (SSSR count). The molecule has 1 amide bonds. The first kappa shape index (κ1) is 10.8. The number of carbonyl (C=O) groups is 1. The molecule has 1 aromatic heterocycles. The summed E-state index contributed by atoms with van der Waals surface area (Å²) < 4.78 is 6.22. The zero-order valence-corrected chi connectivity index (χ0v) is 10.2. The number of aromatic nitrogens is 1. The molecule has 1 fully saturated rings. The van der Waals surface area contributed by atoms with Crippen LogP contribution in [0.4, 0.5) is 5.82 Å². The van der Waals surface area contributed by atoms with Gasteiger partial charge >= 0.3 is 0 Å². The highest BCUT2D eigenvalue weighted by atomic mass is 127. The minimum absolute atomic E-state index is 0.0934. The van der Waals surface area contributed by atoms with Gasteiger partial charge in [0.05, 0.1) is 3.57 Å². The smallest absolute Gasteiger partial charge is 0.254 e. The summed E-state index contributed by atoms with van der Waals surface area (Å²) in [5.41, 5.74) is 0. The summed E-state index contributed by atoms with van der Waals surface area (Å²) in [4.78, 5) is 15.8. The van der Waals surface area contributed by atoms with Gasteiger partial charge in [-0.15, -0.1) is 0 Å². The predicted molar refractivity (Wildman–Crippen MR) is 64.6 cm³/mol. The van der Waals surface area contributed by atoms with Crippen LogP contribution >= 0.6 is 22.6 Å². The van der Waals surface area contributed by atoms with E-state index >= 15 is 0 Å². The number of pyridine rings is 1. The number of hydrogen-bond donors (Lipinski definition) is 1. The molecule has 0 radical (unpaired) electrons. The monoisotopic (exact) mass is 318 g/mol. The highest BCUT2D eigenvalue weighted by molar-refractivity contribution is 14.1. The largest absolute Gasteiger partial charge is 0.368 e. The van der Waals surface area contributed by atoms with Crippen molar-refractivity contribution in [3.8, 4) is 0 Å². The predicted octanol–water partition coefficient (Wildman–Crippen LogP) is 1.80. The van der Waals surface area contributed by atoms with E-state index < -0.39 is 0 Å². The number of halogens is 1. The van der Waals surface area contributed by atoms with Gasteiger partial charge < -0.3 is 10.1 Å². The van der Waals surface area contributed by atoms with Crippen LogP contribution in [-0.2, 0) is 9.53 Å². The number of hydrogen-bond acceptors (Lipinski definition) is 3. The molecule has 1 atom stereocenters. The number of nitrogens with zero attached hydrogens (tertiary/aromatic N) is 1. The van der Waals surface area contributed by atoms with Gasteiger partial charge in [-0.05, 0) is 47.6 Å². The average molecular weight is 318 g/mol. The molecule has 0 spiro atoms. The lowest BCUT2D eigenvalue weighted by Crippen LogP contribution is -2.27. The second-order valence-electron chi connectivity index (χ2n) is 3.32. The zero-order chi connectivity index (χ0) is 10.7. The van der Waals surface area contributed by atoms with E-state index in [2.05, 4.69) is 32.9 Å². The van der Waals surface area contributed by atoms with Gasteiger partial charge in [-0.3, -0.25) is 4.79 Å². The van der Waals surface area contributed by atoms with Crippen molar-refractivity contribution < 1.29 is 9.53 Å². The zero-order valence-electron chi connectivity index (χ0n) is 8.07. The van der Waals surface area contributed by atoms with Gasteiger partial charge in [0.15, 0.2) is 0 Å². The fourth-order valence-corrected chi connectivity index (χ4v) is 1.94. The first-order chi connectivity index (χ1) is 7.27. The summed E-state index contributed by atoms with van der Waals surface area (Å²) in [6.45, 7) is 0.678. The molecule has 0 bridgehead atoms. The standard InChI is InChI=1S/C10H11IN2O2/c11-7-3-1-5-12-9(7)13-10(14)8-4-2-6-15-8/h1,3,5,8H,2,4,6H2,(H,12,13,14). The van der Waals surface area contributed by atoms with E-state index in [1.807, 2.05) is 12.1 Å². The number of carbonyl (C=O) groups excluding carboxylic acids is 1. The van der Waals surface area contributed by atoms with Crippen molar-refractivity contribution in [2.24, 2.45) is 0 Å². The molecule has 15 heavy (non-hydrogen) atoms. The minimum Gasteiger partial charge on any atom is -0.368 e. The second kappa shape index (κ2) is 4.89. The summed E-state index contributed by atoms with van der Waals surface area (Å²) in [5, 5.41) is 2.77. The topological polar surface area (TPSA) is 51.2 Å². The fraction of sp³-hybridized carbons (Fsp3) is 0.400. The Bertz CT molecular complexity index is 364. The van der Waals surface area contributed by atoms with E-state index in [1.54, 1.807) is 6.20 Å². The maximum atomic E-state index is 11.7. The SMILES string of the molecule is O=C(Nc1ncccc1I)C1CCCO1. The lowest BCUT2D eigenvalue weighted by molar-refractivity contribution is -0.124. The van der Waals surface area contributed by atoms with Crippen LogP contribution < -0.4 is 5.32 Å². The van der Waals surface area contributed by atoms with Gasteiger partial charge in [0.1, 0.15) is 11.9 Å². The van der Waals surface area contributed by atoms with Crippen molar-refractivity contribution in [1.29, 1.82) is 0 Å². The van der Waals surface area contributed by atoms with Crippen molar-refractivity contribution in [2.45, 2.75) is 18.9 Å². The lowest BCUT2D eigenvalue weighted by Gasteiger charge is -2.10. The third-order valence-electron chi connectivity index (χ3n) is 2.22. The Morgan fingerprint density at radius 2 is 2.53 bits per heavy atom. The van der Waals surface area contributed by atoms with Crippen LogP contribution in [0.1, 0.15) is 12.8 Å². The van der Waals surface area contributed by atoms with Crippen LogP contribution in [0.15, 0.2) is 18.3 Å². The van der Waals surface area contributed by atoms with E-state index in [0.717, 1.165) is 16.4 Å². The Kier molecular flexibility index (Phi) is 3.53. The first-order valence-corrected chi connectivity index (χ1v) is 5.88. The Labute approximate surface area is 102 Å².